The van der Waals surface area contributed by atoms with Crippen molar-refractivity contribution in [2.75, 3.05) is 12.9 Å². The number of thioether (sulfide) groups is 1. The molecule has 0 bridgehead atoms. The summed E-state index contributed by atoms with van der Waals surface area (Å²) in [6, 6.07) is 0. The Kier molecular flexibility index (Phi) is 6.29. The van der Waals surface area contributed by atoms with Gasteiger partial charge in [-0.15, -0.1) is 11.8 Å². The average Bonchev–Trinajstić information content (AvgIpc) is 1.98. The number of alkyl halides is 3. The summed E-state index contributed by atoms with van der Waals surface area (Å²) in [5, 5.41) is 1.80. The molecule has 3 nitrogen and oxygen atoms in total. The van der Waals surface area contributed by atoms with Gasteiger partial charge >= 0.3 is 6.09 Å². The molecule has 13 heavy (non-hydrogen) atoms. The highest BCUT2D eigenvalue weighted by atomic mass is 35.6. The third-order valence-electron chi connectivity index (χ3n) is 1.06. The van der Waals surface area contributed by atoms with Gasteiger partial charge in [-0.1, -0.05) is 34.8 Å². The van der Waals surface area contributed by atoms with E-state index in [4.69, 9.17) is 34.8 Å². The Labute approximate surface area is 96.4 Å². The van der Waals surface area contributed by atoms with E-state index in [0.717, 1.165) is 0 Å². The number of nitrogens with one attached hydrogen (secondary N) is 1. The Balaban J connectivity index is 4.06. The zero-order chi connectivity index (χ0) is 10.5. The van der Waals surface area contributed by atoms with E-state index in [9.17, 15) is 4.79 Å². The fraction of sp³-hybridized carbons (Fsp3) is 0.833. The van der Waals surface area contributed by atoms with Gasteiger partial charge in [0, 0.05) is 0 Å². The van der Waals surface area contributed by atoms with Gasteiger partial charge in [-0.05, 0) is 13.2 Å². The van der Waals surface area contributed by atoms with Crippen molar-refractivity contribution in [2.24, 2.45) is 0 Å². The third kappa shape index (κ3) is 5.73. The van der Waals surface area contributed by atoms with Crippen molar-refractivity contribution in [3.63, 3.8) is 0 Å². The second-order valence-electron chi connectivity index (χ2n) is 2.02. The molecule has 78 valence electrons. The topological polar surface area (TPSA) is 38.3 Å². The predicted octanol–water partition coefficient (Wildman–Crippen LogP) is 2.79. The number of hydrogen-bond donors (Lipinski definition) is 1. The molecule has 0 radical (unpaired) electrons. The van der Waals surface area contributed by atoms with Crippen LogP contribution in [0.3, 0.4) is 0 Å². The van der Waals surface area contributed by atoms with E-state index in [1.165, 1.54) is 11.8 Å². The maximum absolute atomic E-state index is 10.9. The summed E-state index contributed by atoms with van der Waals surface area (Å²) >= 11 is 18.0. The van der Waals surface area contributed by atoms with E-state index in [0.29, 0.717) is 0 Å². The molecule has 7 heteroatoms. The SMILES string of the molecule is CCOC(=O)N[C@H](SC)C(Cl)(Cl)Cl. The second kappa shape index (κ2) is 6.06. The molecule has 0 aliphatic heterocycles. The fourth-order valence-electron chi connectivity index (χ4n) is 0.554. The van der Waals surface area contributed by atoms with Gasteiger partial charge in [-0.25, -0.2) is 4.79 Å². The minimum absolute atomic E-state index is 0.285. The van der Waals surface area contributed by atoms with Crippen LogP contribution in [-0.4, -0.2) is 28.1 Å². The smallest absolute Gasteiger partial charge is 0.408 e. The fourth-order valence-corrected chi connectivity index (χ4v) is 2.00. The van der Waals surface area contributed by atoms with E-state index in [2.05, 4.69) is 10.1 Å². The van der Waals surface area contributed by atoms with E-state index in [1.807, 2.05) is 0 Å². The van der Waals surface area contributed by atoms with Crippen LogP contribution in [0, 0.1) is 0 Å². The Morgan fingerprint density at radius 3 is 2.46 bits per heavy atom. The van der Waals surface area contributed by atoms with Crippen molar-refractivity contribution in [1.82, 2.24) is 5.32 Å². The van der Waals surface area contributed by atoms with Crippen LogP contribution in [0.1, 0.15) is 6.92 Å². The first-order valence-corrected chi connectivity index (χ1v) is 5.86. The molecule has 0 unspecified atom stereocenters. The first-order valence-electron chi connectivity index (χ1n) is 3.44. The van der Waals surface area contributed by atoms with Gasteiger partial charge in [0.25, 0.3) is 0 Å². The zero-order valence-corrected chi connectivity index (χ0v) is 10.2. The number of ether oxygens (including phenoxy) is 1. The van der Waals surface area contributed by atoms with Crippen LogP contribution in [0.25, 0.3) is 0 Å². The van der Waals surface area contributed by atoms with Crippen LogP contribution in [0.4, 0.5) is 4.79 Å². The maximum Gasteiger partial charge on any atom is 0.408 e. The molecule has 0 aliphatic carbocycles. The number of hydrogen-bond acceptors (Lipinski definition) is 3. The summed E-state index contributed by atoms with van der Waals surface area (Å²) in [7, 11) is 0. The normalized spacial score (nSPS) is 13.6. The van der Waals surface area contributed by atoms with Crippen LogP contribution in [0.5, 0.6) is 0 Å². The number of alkyl carbamates (subject to hydrolysis) is 1. The molecule has 1 amide bonds. The number of carbonyl (C=O) groups is 1. The summed E-state index contributed by atoms with van der Waals surface area (Å²) in [4.78, 5) is 10.9. The Bertz CT molecular complexity index is 174. The highest BCUT2D eigenvalue weighted by Crippen LogP contribution is 2.34. The lowest BCUT2D eigenvalue weighted by molar-refractivity contribution is 0.151. The van der Waals surface area contributed by atoms with E-state index < -0.39 is 15.3 Å². The van der Waals surface area contributed by atoms with Crippen molar-refractivity contribution in [2.45, 2.75) is 16.1 Å². The van der Waals surface area contributed by atoms with E-state index in [1.54, 1.807) is 13.2 Å². The number of amides is 1. The highest BCUT2D eigenvalue weighted by Gasteiger charge is 2.33. The molecule has 0 heterocycles. The lowest BCUT2D eigenvalue weighted by atomic mass is 10.7. The van der Waals surface area contributed by atoms with Gasteiger partial charge in [0.1, 0.15) is 5.37 Å². The Morgan fingerprint density at radius 1 is 1.62 bits per heavy atom. The van der Waals surface area contributed by atoms with Gasteiger partial charge in [0.05, 0.1) is 6.61 Å². The maximum atomic E-state index is 10.9. The van der Waals surface area contributed by atoms with Crippen LogP contribution in [0.2, 0.25) is 0 Å². The van der Waals surface area contributed by atoms with Gasteiger partial charge in [0.15, 0.2) is 0 Å². The van der Waals surface area contributed by atoms with Crippen LogP contribution >= 0.6 is 46.6 Å². The molecule has 0 fully saturated rings. The first kappa shape index (κ1) is 13.5. The van der Waals surface area contributed by atoms with E-state index >= 15 is 0 Å². The van der Waals surface area contributed by atoms with Crippen molar-refractivity contribution in [3.8, 4) is 0 Å². The standard InChI is InChI=1S/C6H10Cl3NO2S/c1-3-12-5(11)10-4(13-2)6(7,8)9/h4H,3H2,1-2H3,(H,10,11)/t4-/m1/s1. The Morgan fingerprint density at radius 2 is 2.15 bits per heavy atom. The number of carbonyl (C=O) groups excluding carboxylic acids is 1. The van der Waals surface area contributed by atoms with Crippen molar-refractivity contribution >= 4 is 52.7 Å². The molecule has 0 spiro atoms. The molecule has 0 saturated carbocycles. The monoisotopic (exact) mass is 265 g/mol. The Hall–Kier alpha value is 0.490. The summed E-state index contributed by atoms with van der Waals surface area (Å²) in [5.41, 5.74) is 0. The number of rotatable bonds is 3. The predicted molar refractivity (Wildman–Crippen MR) is 57.8 cm³/mol. The molecular weight excluding hydrogens is 256 g/mol. The van der Waals surface area contributed by atoms with Crippen molar-refractivity contribution in [1.29, 1.82) is 0 Å². The molecule has 0 aromatic carbocycles. The summed E-state index contributed by atoms with van der Waals surface area (Å²) < 4.78 is 3.09. The van der Waals surface area contributed by atoms with Crippen molar-refractivity contribution < 1.29 is 9.53 Å². The first-order chi connectivity index (χ1) is 5.91. The van der Waals surface area contributed by atoms with Crippen LogP contribution in [0.15, 0.2) is 0 Å². The summed E-state index contributed by atoms with van der Waals surface area (Å²) in [6.45, 7) is 1.98. The summed E-state index contributed by atoms with van der Waals surface area (Å²) in [6.07, 6.45) is 1.13. The molecule has 0 aliphatic rings. The molecule has 0 aromatic rings. The summed E-state index contributed by atoms with van der Waals surface area (Å²) in [5.74, 6) is 0. The molecule has 1 atom stereocenters. The molecular formula is C6H10Cl3NO2S. The largest absolute Gasteiger partial charge is 0.450 e. The lowest BCUT2D eigenvalue weighted by Gasteiger charge is -2.22. The second-order valence-corrected chi connectivity index (χ2v) is 5.33. The molecule has 0 saturated heterocycles. The van der Waals surface area contributed by atoms with Gasteiger partial charge in [-0.3, -0.25) is 0 Å². The molecule has 0 aromatic heterocycles. The quantitative estimate of drug-likeness (QED) is 0.630. The average molecular weight is 267 g/mol. The number of halogens is 3. The van der Waals surface area contributed by atoms with Gasteiger partial charge in [-0.2, -0.15) is 0 Å². The molecule has 1 N–H and O–H groups in total. The van der Waals surface area contributed by atoms with Crippen LogP contribution in [-0.2, 0) is 4.74 Å². The van der Waals surface area contributed by atoms with Crippen molar-refractivity contribution in [3.05, 3.63) is 0 Å². The zero-order valence-electron chi connectivity index (χ0n) is 7.14. The van der Waals surface area contributed by atoms with Gasteiger partial charge in [0.2, 0.25) is 3.79 Å². The lowest BCUT2D eigenvalue weighted by Crippen LogP contribution is -2.41. The van der Waals surface area contributed by atoms with E-state index in [-0.39, 0.29) is 6.61 Å². The molecule has 0 rings (SSSR count). The van der Waals surface area contributed by atoms with Gasteiger partial charge < -0.3 is 10.1 Å². The minimum Gasteiger partial charge on any atom is -0.450 e. The minimum atomic E-state index is -1.54. The van der Waals surface area contributed by atoms with Crippen LogP contribution < -0.4 is 5.32 Å². The highest BCUT2D eigenvalue weighted by molar-refractivity contribution is 7.99. The third-order valence-corrected chi connectivity index (χ3v) is 3.04.